The second kappa shape index (κ2) is 6.55. The van der Waals surface area contributed by atoms with Gasteiger partial charge in [0.25, 0.3) is 0 Å². The standard InChI is InChI=1S/C15H11Cl2NO2/c1-20-14(19)6-5-10-7-11(9-18-8-10)12-3-2-4-13(16)15(12)17/h2-9H,1H3. The Morgan fingerprint density at radius 1 is 1.30 bits per heavy atom. The van der Waals surface area contributed by atoms with Crippen molar-refractivity contribution in [3.05, 3.63) is 58.3 Å². The number of esters is 1. The second-order valence-electron chi connectivity index (χ2n) is 3.96. The van der Waals surface area contributed by atoms with E-state index < -0.39 is 5.97 Å². The number of aromatic nitrogens is 1. The zero-order valence-electron chi connectivity index (χ0n) is 10.6. The number of methoxy groups -OCH3 is 1. The third-order valence-electron chi connectivity index (χ3n) is 2.64. The molecule has 0 saturated carbocycles. The lowest BCUT2D eigenvalue weighted by atomic mass is 10.1. The quantitative estimate of drug-likeness (QED) is 0.629. The zero-order valence-corrected chi connectivity index (χ0v) is 12.2. The van der Waals surface area contributed by atoms with Crippen molar-refractivity contribution in [3.8, 4) is 11.1 Å². The monoisotopic (exact) mass is 307 g/mol. The van der Waals surface area contributed by atoms with Crippen LogP contribution in [-0.2, 0) is 9.53 Å². The molecule has 1 aromatic heterocycles. The van der Waals surface area contributed by atoms with Crippen LogP contribution in [0.2, 0.25) is 10.0 Å². The number of hydrogen-bond acceptors (Lipinski definition) is 3. The Bertz CT molecular complexity index is 669. The summed E-state index contributed by atoms with van der Waals surface area (Å²) in [5, 5.41) is 0.963. The Morgan fingerprint density at radius 3 is 2.85 bits per heavy atom. The van der Waals surface area contributed by atoms with Crippen LogP contribution < -0.4 is 0 Å². The van der Waals surface area contributed by atoms with Gasteiger partial charge >= 0.3 is 5.97 Å². The summed E-state index contributed by atoms with van der Waals surface area (Å²) in [5.74, 6) is -0.420. The van der Waals surface area contributed by atoms with Crippen molar-refractivity contribution < 1.29 is 9.53 Å². The Kier molecular flexibility index (Phi) is 4.77. The van der Waals surface area contributed by atoms with Crippen LogP contribution in [0.1, 0.15) is 5.56 Å². The van der Waals surface area contributed by atoms with E-state index in [0.717, 1.165) is 16.7 Å². The maximum absolute atomic E-state index is 11.1. The highest BCUT2D eigenvalue weighted by Gasteiger charge is 2.07. The normalized spacial score (nSPS) is 10.8. The molecule has 0 aliphatic carbocycles. The number of nitrogens with zero attached hydrogens (tertiary/aromatic N) is 1. The fourth-order valence-electron chi connectivity index (χ4n) is 1.66. The minimum atomic E-state index is -0.420. The maximum atomic E-state index is 11.1. The minimum Gasteiger partial charge on any atom is -0.466 e. The molecular formula is C15H11Cl2NO2. The largest absolute Gasteiger partial charge is 0.466 e. The molecule has 0 aliphatic heterocycles. The number of ether oxygens (including phenoxy) is 1. The SMILES string of the molecule is COC(=O)C=Cc1cncc(-c2cccc(Cl)c2Cl)c1. The molecule has 0 atom stereocenters. The molecule has 0 fully saturated rings. The lowest BCUT2D eigenvalue weighted by molar-refractivity contribution is -0.134. The Morgan fingerprint density at radius 2 is 2.10 bits per heavy atom. The van der Waals surface area contributed by atoms with Crippen LogP contribution in [0.25, 0.3) is 17.2 Å². The molecule has 2 aromatic rings. The van der Waals surface area contributed by atoms with E-state index in [4.69, 9.17) is 23.2 Å². The molecule has 0 bridgehead atoms. The van der Waals surface area contributed by atoms with Gasteiger partial charge in [-0.05, 0) is 23.8 Å². The summed E-state index contributed by atoms with van der Waals surface area (Å²) in [6, 6.07) is 7.27. The summed E-state index contributed by atoms with van der Waals surface area (Å²) in [4.78, 5) is 15.2. The molecule has 0 N–H and O–H groups in total. The van der Waals surface area contributed by atoms with E-state index in [1.807, 2.05) is 18.2 Å². The average Bonchev–Trinajstić information content (AvgIpc) is 2.48. The molecular weight excluding hydrogens is 297 g/mol. The summed E-state index contributed by atoms with van der Waals surface area (Å²) in [6.45, 7) is 0. The van der Waals surface area contributed by atoms with Crippen LogP contribution in [0.5, 0.6) is 0 Å². The summed E-state index contributed by atoms with van der Waals surface area (Å²) in [6.07, 6.45) is 6.29. The molecule has 0 amide bonds. The Labute approximate surface area is 126 Å². The van der Waals surface area contributed by atoms with Gasteiger partial charge in [0.2, 0.25) is 0 Å². The van der Waals surface area contributed by atoms with Crippen molar-refractivity contribution >= 4 is 35.2 Å². The van der Waals surface area contributed by atoms with Crippen molar-refractivity contribution in [2.45, 2.75) is 0 Å². The molecule has 3 nitrogen and oxygen atoms in total. The minimum absolute atomic E-state index is 0.420. The molecule has 20 heavy (non-hydrogen) atoms. The highest BCUT2D eigenvalue weighted by molar-refractivity contribution is 6.43. The van der Waals surface area contributed by atoms with Crippen LogP contribution in [0.3, 0.4) is 0 Å². The maximum Gasteiger partial charge on any atom is 0.330 e. The predicted octanol–water partition coefficient (Wildman–Crippen LogP) is 4.24. The topological polar surface area (TPSA) is 39.2 Å². The Balaban J connectivity index is 2.37. The average molecular weight is 308 g/mol. The highest BCUT2D eigenvalue weighted by atomic mass is 35.5. The van der Waals surface area contributed by atoms with Crippen molar-refractivity contribution in [3.63, 3.8) is 0 Å². The van der Waals surface area contributed by atoms with Gasteiger partial charge in [-0.25, -0.2) is 4.79 Å². The van der Waals surface area contributed by atoms with E-state index >= 15 is 0 Å². The highest BCUT2D eigenvalue weighted by Crippen LogP contribution is 2.33. The van der Waals surface area contributed by atoms with Gasteiger partial charge in [0.05, 0.1) is 17.2 Å². The van der Waals surface area contributed by atoms with Crippen molar-refractivity contribution in [2.75, 3.05) is 7.11 Å². The van der Waals surface area contributed by atoms with Gasteiger partial charge in [-0.15, -0.1) is 0 Å². The second-order valence-corrected chi connectivity index (χ2v) is 4.75. The molecule has 1 aromatic carbocycles. The molecule has 2 rings (SSSR count). The number of rotatable bonds is 3. The van der Waals surface area contributed by atoms with Crippen molar-refractivity contribution in [1.29, 1.82) is 0 Å². The van der Waals surface area contributed by atoms with Gasteiger partial charge in [0.1, 0.15) is 0 Å². The van der Waals surface area contributed by atoms with Crippen LogP contribution in [0.4, 0.5) is 0 Å². The molecule has 5 heteroatoms. The molecule has 0 spiro atoms. The van der Waals surface area contributed by atoms with Crippen molar-refractivity contribution in [1.82, 2.24) is 4.98 Å². The number of hydrogen-bond donors (Lipinski definition) is 0. The number of halogens is 2. The Hall–Kier alpha value is -1.84. The molecule has 0 saturated heterocycles. The summed E-state index contributed by atoms with van der Waals surface area (Å²) < 4.78 is 4.54. The first-order valence-electron chi connectivity index (χ1n) is 5.77. The molecule has 0 radical (unpaired) electrons. The smallest absolute Gasteiger partial charge is 0.330 e. The molecule has 0 unspecified atom stereocenters. The molecule has 1 heterocycles. The van der Waals surface area contributed by atoms with Crippen LogP contribution >= 0.6 is 23.2 Å². The van der Waals surface area contributed by atoms with Gasteiger partial charge < -0.3 is 4.74 Å². The lowest BCUT2D eigenvalue weighted by Gasteiger charge is -2.06. The number of carbonyl (C=O) groups excluding carboxylic acids is 1. The fourth-order valence-corrected chi connectivity index (χ4v) is 2.06. The van der Waals surface area contributed by atoms with Gasteiger partial charge in [-0.3, -0.25) is 4.98 Å². The lowest BCUT2D eigenvalue weighted by Crippen LogP contribution is -1.93. The van der Waals surface area contributed by atoms with E-state index in [-0.39, 0.29) is 0 Å². The van der Waals surface area contributed by atoms with E-state index in [0.29, 0.717) is 10.0 Å². The van der Waals surface area contributed by atoms with E-state index in [9.17, 15) is 4.79 Å². The van der Waals surface area contributed by atoms with E-state index in [2.05, 4.69) is 9.72 Å². The van der Waals surface area contributed by atoms with Gasteiger partial charge in [-0.2, -0.15) is 0 Å². The van der Waals surface area contributed by atoms with Crippen LogP contribution in [-0.4, -0.2) is 18.1 Å². The zero-order chi connectivity index (χ0) is 14.5. The first-order chi connectivity index (χ1) is 9.61. The van der Waals surface area contributed by atoms with Crippen molar-refractivity contribution in [2.24, 2.45) is 0 Å². The summed E-state index contributed by atoms with van der Waals surface area (Å²) >= 11 is 12.2. The predicted molar refractivity (Wildman–Crippen MR) is 80.7 cm³/mol. The van der Waals surface area contributed by atoms with Gasteiger partial charge in [-0.1, -0.05) is 35.3 Å². The van der Waals surface area contributed by atoms with E-state index in [1.54, 1.807) is 24.5 Å². The van der Waals surface area contributed by atoms with Crippen LogP contribution in [0, 0.1) is 0 Å². The van der Waals surface area contributed by atoms with Crippen LogP contribution in [0.15, 0.2) is 42.7 Å². The third kappa shape index (κ3) is 3.38. The number of carbonyl (C=O) groups is 1. The molecule has 102 valence electrons. The number of benzene rings is 1. The number of pyridine rings is 1. The van der Waals surface area contributed by atoms with Gasteiger partial charge in [0.15, 0.2) is 0 Å². The van der Waals surface area contributed by atoms with Gasteiger partial charge in [0, 0.05) is 29.6 Å². The first-order valence-corrected chi connectivity index (χ1v) is 6.53. The summed E-state index contributed by atoms with van der Waals surface area (Å²) in [7, 11) is 1.33. The molecule has 0 aliphatic rings. The fraction of sp³-hybridized carbons (Fsp3) is 0.0667. The first kappa shape index (κ1) is 14.6. The van der Waals surface area contributed by atoms with E-state index in [1.165, 1.54) is 13.2 Å². The summed E-state index contributed by atoms with van der Waals surface area (Å²) in [5.41, 5.74) is 2.38. The third-order valence-corrected chi connectivity index (χ3v) is 3.45.